The Labute approximate surface area is 79.0 Å². The molecule has 0 amide bonds. The summed E-state index contributed by atoms with van der Waals surface area (Å²) >= 11 is 0. The molecule has 4 N–H and O–H groups in total. The van der Waals surface area contributed by atoms with Crippen LogP contribution in [0.1, 0.15) is 6.92 Å². The van der Waals surface area contributed by atoms with Crippen molar-refractivity contribution in [2.45, 2.75) is 31.0 Å². The average Bonchev–Trinajstić information content (AvgIpc) is 2.15. The summed E-state index contributed by atoms with van der Waals surface area (Å²) in [5, 5.41) is 39.2. The number of nitrogens with zero attached hydrogens (tertiary/aromatic N) is 3. The number of carbonyl (C=O) groups is 1. The summed E-state index contributed by atoms with van der Waals surface area (Å²) in [6, 6.07) is 0. The van der Waals surface area contributed by atoms with E-state index in [2.05, 4.69) is 10.0 Å². The van der Waals surface area contributed by atoms with Crippen molar-refractivity contribution in [1.82, 2.24) is 0 Å². The van der Waals surface area contributed by atoms with Crippen molar-refractivity contribution >= 4 is 6.29 Å². The largest absolute Gasteiger partial charge is 0.390 e. The second kappa shape index (κ2) is 4.89. The number of hydrogen-bond acceptors (Lipinski definition) is 6. The summed E-state index contributed by atoms with van der Waals surface area (Å²) in [7, 11) is 0. The van der Waals surface area contributed by atoms with Crippen molar-refractivity contribution in [3.8, 4) is 0 Å². The molecule has 0 aromatic rings. The molecule has 0 bridgehead atoms. The standard InChI is InChI=1S/C6H11N3O5/c1-3(11)6(14,8-9-7)5(13)4(12)2-10/h2-5,11-14H,1H3/t3-,4+,5-,6+/m0/s1. The van der Waals surface area contributed by atoms with Gasteiger partial charge in [-0.25, -0.2) is 0 Å². The van der Waals surface area contributed by atoms with Crippen molar-refractivity contribution in [3.63, 3.8) is 0 Å². The zero-order valence-corrected chi connectivity index (χ0v) is 7.35. The lowest BCUT2D eigenvalue weighted by molar-refractivity contribution is -0.169. The van der Waals surface area contributed by atoms with E-state index in [1.807, 2.05) is 0 Å². The second-order valence-electron chi connectivity index (χ2n) is 2.72. The van der Waals surface area contributed by atoms with E-state index < -0.39 is 24.0 Å². The van der Waals surface area contributed by atoms with Crippen molar-refractivity contribution in [2.24, 2.45) is 5.11 Å². The lowest BCUT2D eigenvalue weighted by Crippen LogP contribution is -2.54. The van der Waals surface area contributed by atoms with Crippen LogP contribution < -0.4 is 0 Å². The second-order valence-corrected chi connectivity index (χ2v) is 2.72. The molecule has 0 unspecified atom stereocenters. The summed E-state index contributed by atoms with van der Waals surface area (Å²) in [4.78, 5) is 12.3. The van der Waals surface area contributed by atoms with E-state index in [0.717, 1.165) is 6.92 Å². The van der Waals surface area contributed by atoms with Crippen LogP contribution in [0.2, 0.25) is 0 Å². The van der Waals surface area contributed by atoms with E-state index in [1.165, 1.54) is 0 Å². The van der Waals surface area contributed by atoms with Gasteiger partial charge in [-0.1, -0.05) is 5.11 Å². The number of carbonyl (C=O) groups excluding carboxylic acids is 1. The highest BCUT2D eigenvalue weighted by Gasteiger charge is 2.43. The molecular formula is C6H11N3O5. The summed E-state index contributed by atoms with van der Waals surface area (Å²) in [6.07, 6.45) is -5.72. The first-order valence-electron chi connectivity index (χ1n) is 3.68. The number of azide groups is 1. The van der Waals surface area contributed by atoms with Gasteiger partial charge in [-0.05, 0) is 12.5 Å². The third kappa shape index (κ3) is 2.41. The maximum absolute atomic E-state index is 10.1. The highest BCUT2D eigenvalue weighted by Crippen LogP contribution is 2.20. The van der Waals surface area contributed by atoms with Crippen LogP contribution in [0.3, 0.4) is 0 Å². The fourth-order valence-corrected chi connectivity index (χ4v) is 0.787. The Bertz CT molecular complexity index is 252. The fraction of sp³-hybridized carbons (Fsp3) is 0.833. The van der Waals surface area contributed by atoms with Crippen molar-refractivity contribution in [1.29, 1.82) is 0 Å². The van der Waals surface area contributed by atoms with Gasteiger partial charge in [-0.15, -0.1) is 0 Å². The van der Waals surface area contributed by atoms with Gasteiger partial charge in [0.15, 0.2) is 12.0 Å². The Kier molecular flexibility index (Phi) is 4.48. The topological polar surface area (TPSA) is 147 Å². The van der Waals surface area contributed by atoms with Crippen LogP contribution in [-0.2, 0) is 4.79 Å². The summed E-state index contributed by atoms with van der Waals surface area (Å²) in [5.74, 6) is 0. The van der Waals surface area contributed by atoms with E-state index in [4.69, 9.17) is 15.7 Å². The van der Waals surface area contributed by atoms with Crippen LogP contribution in [0, 0.1) is 0 Å². The Hall–Kier alpha value is -1.18. The van der Waals surface area contributed by atoms with E-state index in [-0.39, 0.29) is 6.29 Å². The smallest absolute Gasteiger partial charge is 0.198 e. The van der Waals surface area contributed by atoms with Gasteiger partial charge >= 0.3 is 0 Å². The van der Waals surface area contributed by atoms with Crippen molar-refractivity contribution in [3.05, 3.63) is 10.4 Å². The molecule has 4 atom stereocenters. The Morgan fingerprint density at radius 3 is 2.29 bits per heavy atom. The molecule has 0 rings (SSSR count). The highest BCUT2D eigenvalue weighted by atomic mass is 16.4. The summed E-state index contributed by atoms with van der Waals surface area (Å²) in [6.45, 7) is 1.04. The maximum atomic E-state index is 10.1. The first kappa shape index (κ1) is 12.8. The minimum Gasteiger partial charge on any atom is -0.390 e. The Morgan fingerprint density at radius 2 is 2.00 bits per heavy atom. The number of rotatable bonds is 5. The quantitative estimate of drug-likeness (QED) is 0.182. The predicted octanol–water partition coefficient (Wildman–Crippen LogP) is -1.71. The molecule has 0 aromatic heterocycles. The van der Waals surface area contributed by atoms with Gasteiger partial charge in [0.1, 0.15) is 12.2 Å². The molecule has 0 fully saturated rings. The number of aldehydes is 1. The van der Waals surface area contributed by atoms with Gasteiger partial charge in [0.05, 0.1) is 6.10 Å². The predicted molar refractivity (Wildman–Crippen MR) is 43.9 cm³/mol. The van der Waals surface area contributed by atoms with E-state index in [0.29, 0.717) is 0 Å². The molecule has 14 heavy (non-hydrogen) atoms. The zero-order valence-electron chi connectivity index (χ0n) is 7.35. The molecule has 0 spiro atoms. The first-order chi connectivity index (χ1) is 6.40. The molecule has 0 radical (unpaired) electrons. The first-order valence-corrected chi connectivity index (χ1v) is 3.68. The van der Waals surface area contributed by atoms with E-state index in [1.54, 1.807) is 0 Å². The van der Waals surface area contributed by atoms with Crippen LogP contribution in [0.4, 0.5) is 0 Å². The van der Waals surface area contributed by atoms with E-state index in [9.17, 15) is 15.0 Å². The maximum Gasteiger partial charge on any atom is 0.198 e. The molecule has 0 saturated heterocycles. The number of aliphatic hydroxyl groups is 4. The van der Waals surface area contributed by atoms with Gasteiger partial charge in [0.25, 0.3) is 0 Å². The monoisotopic (exact) mass is 205 g/mol. The molecule has 0 aliphatic rings. The lowest BCUT2D eigenvalue weighted by Gasteiger charge is -2.31. The third-order valence-electron chi connectivity index (χ3n) is 1.72. The molecule has 8 heteroatoms. The van der Waals surface area contributed by atoms with Gasteiger partial charge in [0.2, 0.25) is 0 Å². The molecule has 0 saturated carbocycles. The van der Waals surface area contributed by atoms with Crippen molar-refractivity contribution < 1.29 is 25.2 Å². The molecule has 0 aromatic carbocycles. The van der Waals surface area contributed by atoms with E-state index >= 15 is 0 Å². The van der Waals surface area contributed by atoms with Crippen LogP contribution in [-0.4, -0.2) is 50.7 Å². The molecular weight excluding hydrogens is 194 g/mol. The fourth-order valence-electron chi connectivity index (χ4n) is 0.787. The van der Waals surface area contributed by atoms with Gasteiger partial charge in [-0.3, -0.25) is 0 Å². The summed E-state index contributed by atoms with van der Waals surface area (Å²) < 4.78 is 0. The minimum absolute atomic E-state index is 0.0507. The number of hydrogen-bond donors (Lipinski definition) is 4. The van der Waals surface area contributed by atoms with Gasteiger partial charge in [-0.2, -0.15) is 0 Å². The summed E-state index contributed by atoms with van der Waals surface area (Å²) in [5.41, 5.74) is 5.43. The average molecular weight is 205 g/mol. The Morgan fingerprint density at radius 1 is 1.50 bits per heavy atom. The van der Waals surface area contributed by atoms with Crippen LogP contribution in [0.15, 0.2) is 5.11 Å². The lowest BCUT2D eigenvalue weighted by atomic mass is 9.98. The van der Waals surface area contributed by atoms with Gasteiger partial charge in [0, 0.05) is 4.91 Å². The number of aliphatic hydroxyl groups excluding tert-OH is 3. The van der Waals surface area contributed by atoms with Crippen molar-refractivity contribution in [2.75, 3.05) is 0 Å². The SMILES string of the molecule is C[C@H](O)[C@](O)(N=[N+]=[N-])[C@@H](O)[C@H](O)C=O. The van der Waals surface area contributed by atoms with Gasteiger partial charge < -0.3 is 25.2 Å². The Balaban J connectivity index is 4.99. The molecule has 8 nitrogen and oxygen atoms in total. The zero-order chi connectivity index (χ0) is 11.4. The normalized spacial score (nSPS) is 21.2. The molecule has 0 aliphatic carbocycles. The van der Waals surface area contributed by atoms with Crippen LogP contribution >= 0.6 is 0 Å². The van der Waals surface area contributed by atoms with Crippen LogP contribution in [0.25, 0.3) is 10.4 Å². The van der Waals surface area contributed by atoms with Crippen LogP contribution in [0.5, 0.6) is 0 Å². The highest BCUT2D eigenvalue weighted by molar-refractivity contribution is 5.57. The molecule has 0 heterocycles. The molecule has 80 valence electrons. The third-order valence-corrected chi connectivity index (χ3v) is 1.72. The minimum atomic E-state index is -2.63. The molecule has 0 aliphatic heterocycles.